The minimum atomic E-state index is -1.11. The minimum absolute atomic E-state index is 0.109. The molecule has 2 rings (SSSR count). The molecule has 1 amide bonds. The van der Waals surface area contributed by atoms with Gasteiger partial charge in [-0.15, -0.1) is 16.4 Å². The highest BCUT2D eigenvalue weighted by Gasteiger charge is 2.23. The van der Waals surface area contributed by atoms with Gasteiger partial charge in [0, 0.05) is 11.4 Å². The number of carboxylic acid groups (broad SMARTS) is 1. The second-order valence-corrected chi connectivity index (χ2v) is 4.95. The van der Waals surface area contributed by atoms with Gasteiger partial charge < -0.3 is 16.2 Å². The van der Waals surface area contributed by atoms with Gasteiger partial charge in [0.2, 0.25) is 5.91 Å². The average molecular weight is 295 g/mol. The highest BCUT2D eigenvalue weighted by atomic mass is 32.1. The van der Waals surface area contributed by atoms with Crippen LogP contribution < -0.4 is 11.1 Å². The van der Waals surface area contributed by atoms with E-state index in [0.29, 0.717) is 10.6 Å². The standard InChI is InChI=1S/C11H13N5O3S/c12-4-7-5-16(15-14-7)6-9(17)13-10(11(18)19)8-2-1-3-20-8/h1-3,5,10H,4,6,12H2,(H,13,17)(H,18,19). The van der Waals surface area contributed by atoms with Gasteiger partial charge in [-0.25, -0.2) is 9.48 Å². The van der Waals surface area contributed by atoms with E-state index >= 15 is 0 Å². The zero-order valence-electron chi connectivity index (χ0n) is 10.4. The third-order valence-corrected chi connectivity index (χ3v) is 3.42. The number of aliphatic carboxylic acids is 1. The smallest absolute Gasteiger partial charge is 0.331 e. The Morgan fingerprint density at radius 3 is 2.90 bits per heavy atom. The Balaban J connectivity index is 2.00. The van der Waals surface area contributed by atoms with Crippen molar-refractivity contribution in [3.05, 3.63) is 34.3 Å². The molecule has 2 aromatic rings. The predicted molar refractivity (Wildman–Crippen MR) is 70.8 cm³/mol. The number of nitrogens with one attached hydrogen (secondary N) is 1. The van der Waals surface area contributed by atoms with Crippen molar-refractivity contribution in [3.8, 4) is 0 Å². The van der Waals surface area contributed by atoms with E-state index in [9.17, 15) is 9.59 Å². The molecular formula is C11H13N5O3S. The van der Waals surface area contributed by atoms with Crippen molar-refractivity contribution in [2.75, 3.05) is 0 Å². The second kappa shape index (κ2) is 6.26. The number of aromatic nitrogens is 3. The number of thiophene rings is 1. The molecule has 9 heteroatoms. The normalized spacial score (nSPS) is 12.1. The molecule has 0 radical (unpaired) electrons. The van der Waals surface area contributed by atoms with Crippen LogP contribution in [0.15, 0.2) is 23.7 Å². The fraction of sp³-hybridized carbons (Fsp3) is 0.273. The van der Waals surface area contributed by atoms with Crippen LogP contribution in [0.3, 0.4) is 0 Å². The first kappa shape index (κ1) is 14.2. The van der Waals surface area contributed by atoms with Crippen LogP contribution in [0, 0.1) is 0 Å². The SMILES string of the molecule is NCc1cn(CC(=O)NC(C(=O)O)c2cccs2)nn1. The molecule has 2 aromatic heterocycles. The van der Waals surface area contributed by atoms with Crippen LogP contribution in [0.5, 0.6) is 0 Å². The number of carboxylic acids is 1. The van der Waals surface area contributed by atoms with E-state index in [0.717, 1.165) is 0 Å². The molecule has 0 spiro atoms. The summed E-state index contributed by atoms with van der Waals surface area (Å²) in [5.41, 5.74) is 5.95. The number of amides is 1. The van der Waals surface area contributed by atoms with E-state index in [1.165, 1.54) is 16.0 Å². The van der Waals surface area contributed by atoms with E-state index in [-0.39, 0.29) is 13.1 Å². The van der Waals surface area contributed by atoms with Crippen molar-refractivity contribution in [2.45, 2.75) is 19.1 Å². The summed E-state index contributed by atoms with van der Waals surface area (Å²) < 4.78 is 1.31. The molecule has 20 heavy (non-hydrogen) atoms. The summed E-state index contributed by atoms with van der Waals surface area (Å²) in [6.45, 7) is 0.122. The maximum absolute atomic E-state index is 11.8. The van der Waals surface area contributed by atoms with Crippen LogP contribution in [0.1, 0.15) is 16.6 Å². The summed E-state index contributed by atoms with van der Waals surface area (Å²) in [6, 6.07) is 2.33. The molecule has 0 aliphatic rings. The van der Waals surface area contributed by atoms with E-state index < -0.39 is 17.9 Å². The summed E-state index contributed by atoms with van der Waals surface area (Å²) >= 11 is 1.27. The van der Waals surface area contributed by atoms with E-state index in [1.807, 2.05) is 0 Å². The molecule has 0 fully saturated rings. The lowest BCUT2D eigenvalue weighted by Crippen LogP contribution is -2.35. The van der Waals surface area contributed by atoms with Gasteiger partial charge in [-0.05, 0) is 11.4 Å². The maximum Gasteiger partial charge on any atom is 0.331 e. The molecule has 0 aliphatic carbocycles. The predicted octanol–water partition coefficient (Wildman–Crippen LogP) is -0.260. The quantitative estimate of drug-likeness (QED) is 0.674. The van der Waals surface area contributed by atoms with E-state index in [2.05, 4.69) is 15.6 Å². The summed E-state index contributed by atoms with van der Waals surface area (Å²) in [5, 5.41) is 20.8. The van der Waals surface area contributed by atoms with Crippen molar-refractivity contribution in [1.29, 1.82) is 0 Å². The fourth-order valence-corrected chi connectivity index (χ4v) is 2.34. The summed E-state index contributed by atoms with van der Waals surface area (Å²) in [4.78, 5) is 23.6. The largest absolute Gasteiger partial charge is 0.479 e. The van der Waals surface area contributed by atoms with Crippen molar-refractivity contribution in [2.24, 2.45) is 5.73 Å². The van der Waals surface area contributed by atoms with Crippen LogP contribution in [-0.2, 0) is 22.7 Å². The van der Waals surface area contributed by atoms with Gasteiger partial charge in [-0.1, -0.05) is 11.3 Å². The van der Waals surface area contributed by atoms with Crippen LogP contribution in [0.2, 0.25) is 0 Å². The molecule has 0 saturated heterocycles. The minimum Gasteiger partial charge on any atom is -0.479 e. The van der Waals surface area contributed by atoms with Crippen molar-refractivity contribution < 1.29 is 14.7 Å². The van der Waals surface area contributed by atoms with Crippen molar-refractivity contribution in [1.82, 2.24) is 20.3 Å². The highest BCUT2D eigenvalue weighted by molar-refractivity contribution is 7.10. The number of carbonyl (C=O) groups excluding carboxylic acids is 1. The Labute approximate surface area is 118 Å². The number of nitrogens with two attached hydrogens (primary N) is 1. The molecule has 0 aliphatic heterocycles. The first-order chi connectivity index (χ1) is 9.60. The lowest BCUT2D eigenvalue weighted by Gasteiger charge is -2.12. The number of rotatable bonds is 6. The lowest BCUT2D eigenvalue weighted by molar-refractivity contribution is -0.142. The third-order valence-electron chi connectivity index (χ3n) is 2.48. The van der Waals surface area contributed by atoms with Gasteiger partial charge in [0.15, 0.2) is 6.04 Å². The Bertz CT molecular complexity index is 595. The number of hydrogen-bond donors (Lipinski definition) is 3. The Morgan fingerprint density at radius 1 is 1.55 bits per heavy atom. The average Bonchev–Trinajstić information content (AvgIpc) is 3.06. The topological polar surface area (TPSA) is 123 Å². The van der Waals surface area contributed by atoms with Crippen LogP contribution in [-0.4, -0.2) is 32.0 Å². The van der Waals surface area contributed by atoms with Gasteiger partial charge in [0.25, 0.3) is 0 Å². The lowest BCUT2D eigenvalue weighted by atomic mass is 10.2. The van der Waals surface area contributed by atoms with Crippen molar-refractivity contribution in [3.63, 3.8) is 0 Å². The number of hydrogen-bond acceptors (Lipinski definition) is 6. The summed E-state index contributed by atoms with van der Waals surface area (Å²) in [5.74, 6) is -1.57. The molecule has 0 bridgehead atoms. The molecular weight excluding hydrogens is 282 g/mol. The van der Waals surface area contributed by atoms with Crippen molar-refractivity contribution >= 4 is 23.2 Å². The molecule has 2 heterocycles. The van der Waals surface area contributed by atoms with Gasteiger partial charge in [0.05, 0.1) is 11.9 Å². The Kier molecular flexibility index (Phi) is 4.43. The van der Waals surface area contributed by atoms with Crippen LogP contribution >= 0.6 is 11.3 Å². The first-order valence-electron chi connectivity index (χ1n) is 5.75. The Morgan fingerprint density at radius 2 is 2.35 bits per heavy atom. The van der Waals surface area contributed by atoms with Gasteiger partial charge in [-0.3, -0.25) is 4.79 Å². The van der Waals surface area contributed by atoms with E-state index in [1.54, 1.807) is 23.7 Å². The molecule has 1 atom stereocenters. The van der Waals surface area contributed by atoms with Crippen LogP contribution in [0.25, 0.3) is 0 Å². The molecule has 1 unspecified atom stereocenters. The molecule has 4 N–H and O–H groups in total. The van der Waals surface area contributed by atoms with Gasteiger partial charge >= 0.3 is 5.97 Å². The van der Waals surface area contributed by atoms with Gasteiger partial charge in [0.1, 0.15) is 6.54 Å². The monoisotopic (exact) mass is 295 g/mol. The maximum atomic E-state index is 11.8. The van der Waals surface area contributed by atoms with Crippen LogP contribution in [0.4, 0.5) is 0 Å². The summed E-state index contributed by atoms with van der Waals surface area (Å²) in [6.07, 6.45) is 1.54. The summed E-state index contributed by atoms with van der Waals surface area (Å²) in [7, 11) is 0. The van der Waals surface area contributed by atoms with E-state index in [4.69, 9.17) is 10.8 Å². The number of carbonyl (C=O) groups is 2. The fourth-order valence-electron chi connectivity index (χ4n) is 1.57. The molecule has 106 valence electrons. The molecule has 8 nitrogen and oxygen atoms in total. The Hall–Kier alpha value is -2.26. The number of nitrogens with zero attached hydrogens (tertiary/aromatic N) is 3. The zero-order chi connectivity index (χ0) is 14.5. The second-order valence-electron chi connectivity index (χ2n) is 3.97. The molecule has 0 saturated carbocycles. The van der Waals surface area contributed by atoms with Gasteiger partial charge in [-0.2, -0.15) is 0 Å². The zero-order valence-corrected chi connectivity index (χ0v) is 11.2. The third kappa shape index (κ3) is 3.39. The first-order valence-corrected chi connectivity index (χ1v) is 6.62. The molecule has 0 aromatic carbocycles. The highest BCUT2D eigenvalue weighted by Crippen LogP contribution is 2.19.